The summed E-state index contributed by atoms with van der Waals surface area (Å²) in [6.07, 6.45) is -0.803. The molecule has 0 saturated carbocycles. The zero-order chi connectivity index (χ0) is 15.9. The van der Waals surface area contributed by atoms with Crippen molar-refractivity contribution in [1.82, 2.24) is 10.6 Å². The van der Waals surface area contributed by atoms with Gasteiger partial charge in [-0.15, -0.1) is 11.3 Å². The molecule has 5 nitrogen and oxygen atoms in total. The zero-order valence-corrected chi connectivity index (χ0v) is 13.0. The Morgan fingerprint density at radius 1 is 1.14 bits per heavy atom. The Morgan fingerprint density at radius 2 is 1.86 bits per heavy atom. The molecule has 0 spiro atoms. The van der Waals surface area contributed by atoms with Gasteiger partial charge in [0.15, 0.2) is 0 Å². The summed E-state index contributed by atoms with van der Waals surface area (Å²) in [5, 5.41) is 16.8. The van der Waals surface area contributed by atoms with E-state index in [1.165, 1.54) is 11.3 Å². The number of hydrogen-bond acceptors (Lipinski definition) is 4. The van der Waals surface area contributed by atoms with Gasteiger partial charge < -0.3 is 15.7 Å². The van der Waals surface area contributed by atoms with Crippen LogP contribution in [0.4, 0.5) is 0 Å². The number of rotatable bonds is 5. The zero-order valence-electron chi connectivity index (χ0n) is 12.2. The topological polar surface area (TPSA) is 78.4 Å². The van der Waals surface area contributed by atoms with Gasteiger partial charge >= 0.3 is 11.8 Å². The molecule has 0 saturated heterocycles. The number of carbonyl (C=O) groups is 2. The predicted octanol–water partition coefficient (Wildman–Crippen LogP) is 1.78. The Bertz CT molecular complexity index is 614. The van der Waals surface area contributed by atoms with Crippen LogP contribution in [0.5, 0.6) is 0 Å². The van der Waals surface area contributed by atoms with Crippen molar-refractivity contribution in [2.24, 2.45) is 0 Å². The summed E-state index contributed by atoms with van der Waals surface area (Å²) in [5.41, 5.74) is 0.919. The van der Waals surface area contributed by atoms with E-state index in [9.17, 15) is 14.7 Å². The lowest BCUT2D eigenvalue weighted by atomic mass is 10.1. The monoisotopic (exact) mass is 318 g/mol. The first-order chi connectivity index (χ1) is 10.6. The van der Waals surface area contributed by atoms with Crippen LogP contribution in [0, 0.1) is 0 Å². The third kappa shape index (κ3) is 4.41. The van der Waals surface area contributed by atoms with Crippen molar-refractivity contribution in [3.05, 3.63) is 58.3 Å². The Labute approximate surface area is 133 Å². The number of thiophene rings is 1. The van der Waals surface area contributed by atoms with Crippen LogP contribution in [0.25, 0.3) is 0 Å². The molecule has 1 heterocycles. The highest BCUT2D eigenvalue weighted by Crippen LogP contribution is 2.17. The molecule has 22 heavy (non-hydrogen) atoms. The standard InChI is InChI=1S/C16H18N2O3S/c1-11(12-6-3-2-4-7-12)18-16(21)15(20)17-10-13(19)14-8-5-9-22-14/h2-9,11,13,19H,10H2,1H3,(H,17,20)(H,18,21)/t11-,13-/m0/s1. The minimum Gasteiger partial charge on any atom is -0.386 e. The maximum Gasteiger partial charge on any atom is 0.309 e. The molecule has 0 aliphatic heterocycles. The van der Waals surface area contributed by atoms with Gasteiger partial charge in [-0.1, -0.05) is 36.4 Å². The summed E-state index contributed by atoms with van der Waals surface area (Å²) < 4.78 is 0. The molecule has 6 heteroatoms. The quantitative estimate of drug-likeness (QED) is 0.735. The van der Waals surface area contributed by atoms with E-state index in [0.717, 1.165) is 10.4 Å². The molecule has 0 bridgehead atoms. The van der Waals surface area contributed by atoms with Crippen LogP contribution in [-0.2, 0) is 9.59 Å². The first-order valence-corrected chi connectivity index (χ1v) is 7.81. The summed E-state index contributed by atoms with van der Waals surface area (Å²) >= 11 is 1.40. The molecule has 1 aromatic heterocycles. The summed E-state index contributed by atoms with van der Waals surface area (Å²) in [7, 11) is 0. The fourth-order valence-corrected chi connectivity index (χ4v) is 2.65. The molecule has 0 aliphatic rings. The second-order valence-corrected chi connectivity index (χ2v) is 5.83. The molecular formula is C16H18N2O3S. The van der Waals surface area contributed by atoms with E-state index in [0.29, 0.717) is 0 Å². The number of amides is 2. The van der Waals surface area contributed by atoms with Crippen LogP contribution in [0.2, 0.25) is 0 Å². The molecule has 0 aliphatic carbocycles. The van der Waals surface area contributed by atoms with Crippen molar-refractivity contribution in [2.75, 3.05) is 6.54 Å². The lowest BCUT2D eigenvalue weighted by molar-refractivity contribution is -0.139. The van der Waals surface area contributed by atoms with Crippen LogP contribution in [-0.4, -0.2) is 23.5 Å². The van der Waals surface area contributed by atoms with E-state index in [1.807, 2.05) is 41.8 Å². The minimum absolute atomic E-state index is 0.00643. The predicted molar refractivity (Wildman–Crippen MR) is 85.3 cm³/mol. The largest absolute Gasteiger partial charge is 0.386 e. The molecular weight excluding hydrogens is 300 g/mol. The van der Waals surface area contributed by atoms with Crippen molar-refractivity contribution in [3.8, 4) is 0 Å². The van der Waals surface area contributed by atoms with Gasteiger partial charge in [-0.05, 0) is 23.9 Å². The summed E-state index contributed by atoms with van der Waals surface area (Å²) in [4.78, 5) is 24.3. The molecule has 3 N–H and O–H groups in total. The smallest absolute Gasteiger partial charge is 0.309 e. The van der Waals surface area contributed by atoms with Gasteiger partial charge in [-0.3, -0.25) is 9.59 Å². The SMILES string of the molecule is C[C@H](NC(=O)C(=O)NC[C@H](O)c1cccs1)c1ccccc1. The average Bonchev–Trinajstić information content (AvgIpc) is 3.07. The van der Waals surface area contributed by atoms with Crippen molar-refractivity contribution in [3.63, 3.8) is 0 Å². The second kappa shape index (κ2) is 7.72. The molecule has 2 aromatic rings. The van der Waals surface area contributed by atoms with Crippen molar-refractivity contribution >= 4 is 23.2 Å². The lowest BCUT2D eigenvalue weighted by Crippen LogP contribution is -2.42. The van der Waals surface area contributed by atoms with E-state index in [1.54, 1.807) is 13.0 Å². The Kier molecular flexibility index (Phi) is 5.68. The molecule has 2 amide bonds. The third-order valence-corrected chi connectivity index (χ3v) is 4.15. The highest BCUT2D eigenvalue weighted by molar-refractivity contribution is 7.10. The number of hydrogen-bond donors (Lipinski definition) is 3. The summed E-state index contributed by atoms with van der Waals surface area (Å²) in [5.74, 6) is -1.46. The number of benzene rings is 1. The summed E-state index contributed by atoms with van der Waals surface area (Å²) in [6.45, 7) is 1.81. The van der Waals surface area contributed by atoms with Crippen molar-refractivity contribution in [1.29, 1.82) is 0 Å². The first kappa shape index (κ1) is 16.2. The van der Waals surface area contributed by atoms with Crippen LogP contribution < -0.4 is 10.6 Å². The van der Waals surface area contributed by atoms with E-state index in [4.69, 9.17) is 0 Å². The summed E-state index contributed by atoms with van der Waals surface area (Å²) in [6, 6.07) is 12.7. The highest BCUT2D eigenvalue weighted by atomic mass is 32.1. The molecule has 116 valence electrons. The Morgan fingerprint density at radius 3 is 2.50 bits per heavy atom. The fraction of sp³-hybridized carbons (Fsp3) is 0.250. The lowest BCUT2D eigenvalue weighted by Gasteiger charge is -2.15. The fourth-order valence-electron chi connectivity index (χ4n) is 1.94. The van der Waals surface area contributed by atoms with Gasteiger partial charge in [-0.2, -0.15) is 0 Å². The molecule has 0 fully saturated rings. The van der Waals surface area contributed by atoms with Crippen LogP contribution in [0.3, 0.4) is 0 Å². The van der Waals surface area contributed by atoms with Gasteiger partial charge in [0.25, 0.3) is 0 Å². The number of aliphatic hydroxyl groups excluding tert-OH is 1. The van der Waals surface area contributed by atoms with Crippen LogP contribution in [0.1, 0.15) is 29.5 Å². The number of nitrogens with one attached hydrogen (secondary N) is 2. The van der Waals surface area contributed by atoms with E-state index in [-0.39, 0.29) is 12.6 Å². The van der Waals surface area contributed by atoms with Gasteiger partial charge in [0.2, 0.25) is 0 Å². The van der Waals surface area contributed by atoms with Gasteiger partial charge in [0.05, 0.1) is 6.04 Å². The van der Waals surface area contributed by atoms with Crippen molar-refractivity contribution in [2.45, 2.75) is 19.1 Å². The molecule has 2 rings (SSSR count). The molecule has 1 aromatic carbocycles. The molecule has 0 unspecified atom stereocenters. The van der Waals surface area contributed by atoms with Crippen LogP contribution in [0.15, 0.2) is 47.8 Å². The molecule has 0 radical (unpaired) electrons. The highest BCUT2D eigenvalue weighted by Gasteiger charge is 2.18. The third-order valence-electron chi connectivity index (χ3n) is 3.18. The van der Waals surface area contributed by atoms with Gasteiger partial charge in [0.1, 0.15) is 6.10 Å². The van der Waals surface area contributed by atoms with E-state index < -0.39 is 17.9 Å². The van der Waals surface area contributed by atoms with Gasteiger partial charge in [0, 0.05) is 11.4 Å². The maximum atomic E-state index is 11.8. The van der Waals surface area contributed by atoms with Gasteiger partial charge in [-0.25, -0.2) is 0 Å². The number of carbonyl (C=O) groups excluding carboxylic acids is 2. The van der Waals surface area contributed by atoms with Crippen LogP contribution >= 0.6 is 11.3 Å². The average molecular weight is 318 g/mol. The Hall–Kier alpha value is -2.18. The minimum atomic E-state index is -0.803. The maximum absolute atomic E-state index is 11.8. The first-order valence-electron chi connectivity index (χ1n) is 6.93. The number of aliphatic hydroxyl groups is 1. The van der Waals surface area contributed by atoms with Crippen molar-refractivity contribution < 1.29 is 14.7 Å². The van der Waals surface area contributed by atoms with E-state index >= 15 is 0 Å². The second-order valence-electron chi connectivity index (χ2n) is 4.85. The Balaban J connectivity index is 1.81. The normalized spacial score (nSPS) is 13.2. The molecule has 2 atom stereocenters. The van der Waals surface area contributed by atoms with E-state index in [2.05, 4.69) is 10.6 Å².